The van der Waals surface area contributed by atoms with Crippen LogP contribution in [0.4, 0.5) is 4.39 Å². The number of hydrogen-bond donors (Lipinski definition) is 1. The minimum Gasteiger partial charge on any atom is -0.490 e. The molecule has 0 saturated heterocycles. The van der Waals surface area contributed by atoms with Crippen LogP contribution in [0.2, 0.25) is 0 Å². The van der Waals surface area contributed by atoms with Gasteiger partial charge in [-0.1, -0.05) is 6.07 Å². The lowest BCUT2D eigenvalue weighted by Crippen LogP contribution is -2.05. The van der Waals surface area contributed by atoms with Crippen LogP contribution in [0.1, 0.15) is 12.0 Å². The Labute approximate surface area is 105 Å². The summed E-state index contributed by atoms with van der Waals surface area (Å²) in [7, 11) is 0. The summed E-state index contributed by atoms with van der Waals surface area (Å²) in [6.45, 7) is 1.61. The molecule has 4 nitrogen and oxygen atoms in total. The number of benzene rings is 1. The van der Waals surface area contributed by atoms with E-state index in [0.29, 0.717) is 13.2 Å². The monoisotopic (exact) mass is 249 g/mol. The van der Waals surface area contributed by atoms with E-state index in [1.807, 2.05) is 10.8 Å². The van der Waals surface area contributed by atoms with Gasteiger partial charge in [0.2, 0.25) is 0 Å². The summed E-state index contributed by atoms with van der Waals surface area (Å²) in [5.74, 6) is -0.0848. The molecule has 0 amide bonds. The maximum atomic E-state index is 13.5. The van der Waals surface area contributed by atoms with Crippen molar-refractivity contribution in [1.29, 1.82) is 0 Å². The third-order valence-electron chi connectivity index (χ3n) is 2.61. The van der Waals surface area contributed by atoms with Gasteiger partial charge in [0.15, 0.2) is 11.6 Å². The molecule has 0 bridgehead atoms. The molecular formula is C13H16FN3O. The first-order chi connectivity index (χ1) is 8.79. The van der Waals surface area contributed by atoms with Crippen molar-refractivity contribution in [3.63, 3.8) is 0 Å². The highest BCUT2D eigenvalue weighted by molar-refractivity contribution is 5.29. The Morgan fingerprint density at radius 2 is 2.28 bits per heavy atom. The van der Waals surface area contributed by atoms with E-state index in [-0.39, 0.29) is 11.6 Å². The van der Waals surface area contributed by atoms with Gasteiger partial charge < -0.3 is 15.0 Å². The lowest BCUT2D eigenvalue weighted by molar-refractivity contribution is 0.287. The molecule has 0 atom stereocenters. The van der Waals surface area contributed by atoms with Gasteiger partial charge in [-0.25, -0.2) is 9.37 Å². The van der Waals surface area contributed by atoms with E-state index in [0.717, 1.165) is 18.5 Å². The van der Waals surface area contributed by atoms with Gasteiger partial charge in [0, 0.05) is 25.5 Å². The van der Waals surface area contributed by atoms with E-state index in [1.165, 1.54) is 6.07 Å². The molecule has 96 valence electrons. The van der Waals surface area contributed by atoms with Crippen LogP contribution in [0.5, 0.6) is 5.75 Å². The quantitative estimate of drug-likeness (QED) is 0.796. The van der Waals surface area contributed by atoms with Gasteiger partial charge in [-0.15, -0.1) is 0 Å². The van der Waals surface area contributed by atoms with E-state index < -0.39 is 0 Å². The van der Waals surface area contributed by atoms with Crippen molar-refractivity contribution in [3.8, 4) is 5.75 Å². The maximum absolute atomic E-state index is 13.5. The van der Waals surface area contributed by atoms with Gasteiger partial charge in [0.05, 0.1) is 12.9 Å². The van der Waals surface area contributed by atoms with Gasteiger partial charge in [0.25, 0.3) is 0 Å². The van der Waals surface area contributed by atoms with Gasteiger partial charge in [-0.2, -0.15) is 0 Å². The highest BCUT2D eigenvalue weighted by atomic mass is 19.1. The summed E-state index contributed by atoms with van der Waals surface area (Å²) in [6.07, 6.45) is 6.16. The van der Waals surface area contributed by atoms with E-state index in [2.05, 4.69) is 4.98 Å². The number of imidazole rings is 1. The molecular weight excluding hydrogens is 233 g/mol. The van der Waals surface area contributed by atoms with Crippen molar-refractivity contribution in [1.82, 2.24) is 9.55 Å². The highest BCUT2D eigenvalue weighted by Crippen LogP contribution is 2.18. The van der Waals surface area contributed by atoms with Crippen molar-refractivity contribution in [2.75, 3.05) is 6.61 Å². The van der Waals surface area contributed by atoms with Crippen molar-refractivity contribution in [3.05, 3.63) is 48.3 Å². The number of nitrogens with two attached hydrogens (primary N) is 1. The van der Waals surface area contributed by atoms with Crippen LogP contribution in [0, 0.1) is 5.82 Å². The van der Waals surface area contributed by atoms with E-state index in [9.17, 15) is 4.39 Å². The molecule has 2 aromatic rings. The van der Waals surface area contributed by atoms with E-state index in [4.69, 9.17) is 10.5 Å². The molecule has 2 rings (SSSR count). The number of nitrogens with zero attached hydrogens (tertiary/aromatic N) is 2. The SMILES string of the molecule is NCc1ccc(OCCCn2ccnc2)c(F)c1. The van der Waals surface area contributed by atoms with Crippen LogP contribution in [-0.2, 0) is 13.1 Å². The molecule has 1 heterocycles. The Morgan fingerprint density at radius 1 is 1.39 bits per heavy atom. The number of rotatable bonds is 6. The molecule has 0 aliphatic carbocycles. The number of ether oxygens (including phenoxy) is 1. The number of aryl methyl sites for hydroxylation is 1. The van der Waals surface area contributed by atoms with Gasteiger partial charge >= 0.3 is 0 Å². The van der Waals surface area contributed by atoms with Crippen LogP contribution in [0.25, 0.3) is 0 Å². The zero-order valence-electron chi connectivity index (χ0n) is 10.1. The Balaban J connectivity index is 1.79. The summed E-state index contributed by atoms with van der Waals surface area (Å²) in [4.78, 5) is 3.94. The van der Waals surface area contributed by atoms with Gasteiger partial charge in [-0.3, -0.25) is 0 Å². The second-order valence-corrected chi connectivity index (χ2v) is 3.97. The number of hydrogen-bond acceptors (Lipinski definition) is 3. The second-order valence-electron chi connectivity index (χ2n) is 3.97. The zero-order chi connectivity index (χ0) is 12.8. The molecule has 0 aliphatic heterocycles. The predicted octanol–water partition coefficient (Wildman–Crippen LogP) is 1.95. The van der Waals surface area contributed by atoms with Gasteiger partial charge in [-0.05, 0) is 24.1 Å². The maximum Gasteiger partial charge on any atom is 0.165 e. The predicted molar refractivity (Wildman–Crippen MR) is 66.6 cm³/mol. The van der Waals surface area contributed by atoms with Crippen molar-refractivity contribution in [2.45, 2.75) is 19.5 Å². The highest BCUT2D eigenvalue weighted by Gasteiger charge is 2.03. The van der Waals surface area contributed by atoms with Crippen molar-refractivity contribution >= 4 is 0 Å². The summed E-state index contributed by atoms with van der Waals surface area (Å²) in [6, 6.07) is 4.80. The first-order valence-corrected chi connectivity index (χ1v) is 5.86. The largest absolute Gasteiger partial charge is 0.490 e. The minimum atomic E-state index is -0.361. The average molecular weight is 249 g/mol. The van der Waals surface area contributed by atoms with Gasteiger partial charge in [0.1, 0.15) is 0 Å². The summed E-state index contributed by atoms with van der Waals surface area (Å²) >= 11 is 0. The Morgan fingerprint density at radius 3 is 2.94 bits per heavy atom. The van der Waals surface area contributed by atoms with Crippen LogP contribution < -0.4 is 10.5 Å². The third kappa shape index (κ3) is 3.30. The molecule has 0 aliphatic rings. The average Bonchev–Trinajstić information content (AvgIpc) is 2.89. The molecule has 0 fully saturated rings. The van der Waals surface area contributed by atoms with Crippen LogP contribution in [0.15, 0.2) is 36.9 Å². The fraction of sp³-hybridized carbons (Fsp3) is 0.308. The molecule has 0 radical (unpaired) electrons. The first-order valence-electron chi connectivity index (χ1n) is 5.86. The van der Waals surface area contributed by atoms with E-state index in [1.54, 1.807) is 24.7 Å². The third-order valence-corrected chi connectivity index (χ3v) is 2.61. The fourth-order valence-corrected chi connectivity index (χ4v) is 1.64. The number of aromatic nitrogens is 2. The molecule has 5 heteroatoms. The topological polar surface area (TPSA) is 53.1 Å². The molecule has 0 unspecified atom stereocenters. The lowest BCUT2D eigenvalue weighted by Gasteiger charge is -2.08. The Kier molecular flexibility index (Phi) is 4.30. The second kappa shape index (κ2) is 6.16. The molecule has 1 aromatic carbocycles. The normalized spacial score (nSPS) is 10.6. The Hall–Kier alpha value is -1.88. The standard InChI is InChI=1S/C13H16FN3O/c14-12-8-11(9-15)2-3-13(12)18-7-1-5-17-6-4-16-10-17/h2-4,6,8,10H,1,5,7,9,15H2. The van der Waals surface area contributed by atoms with Crippen LogP contribution in [0.3, 0.4) is 0 Å². The van der Waals surface area contributed by atoms with Crippen molar-refractivity contribution < 1.29 is 9.13 Å². The fourth-order valence-electron chi connectivity index (χ4n) is 1.64. The molecule has 0 saturated carbocycles. The lowest BCUT2D eigenvalue weighted by atomic mass is 10.2. The zero-order valence-corrected chi connectivity index (χ0v) is 10.1. The van der Waals surface area contributed by atoms with Crippen molar-refractivity contribution in [2.24, 2.45) is 5.73 Å². The molecule has 0 spiro atoms. The summed E-state index contributed by atoms with van der Waals surface area (Å²) in [5, 5.41) is 0. The summed E-state index contributed by atoms with van der Waals surface area (Å²) in [5.41, 5.74) is 6.19. The smallest absolute Gasteiger partial charge is 0.165 e. The minimum absolute atomic E-state index is 0.276. The molecule has 18 heavy (non-hydrogen) atoms. The first kappa shape index (κ1) is 12.6. The van der Waals surface area contributed by atoms with Crippen LogP contribution in [-0.4, -0.2) is 16.2 Å². The van der Waals surface area contributed by atoms with Crippen LogP contribution >= 0.6 is 0 Å². The Bertz CT molecular complexity index is 485. The molecule has 1 aromatic heterocycles. The number of halogens is 1. The molecule has 2 N–H and O–H groups in total. The summed E-state index contributed by atoms with van der Waals surface area (Å²) < 4.78 is 20.9. The van der Waals surface area contributed by atoms with E-state index >= 15 is 0 Å².